The number of rotatable bonds is 4. The number of nitrogens with zero attached hydrogens (tertiary/aromatic N) is 3. The lowest BCUT2D eigenvalue weighted by Gasteiger charge is -2.17. The molecule has 1 aliphatic rings. The van der Waals surface area contributed by atoms with Crippen LogP contribution < -0.4 is 0 Å². The summed E-state index contributed by atoms with van der Waals surface area (Å²) in [6.45, 7) is 0. The highest BCUT2D eigenvalue weighted by Gasteiger charge is 2.26. The second-order valence-corrected chi connectivity index (χ2v) is 12.9. The molecule has 4 heteroatoms. The number of hydrogen-bond donors (Lipinski definition) is 0. The molecule has 46 heavy (non-hydrogen) atoms. The first-order valence-corrected chi connectivity index (χ1v) is 16.3. The van der Waals surface area contributed by atoms with Crippen molar-refractivity contribution in [1.82, 2.24) is 14.5 Å². The van der Waals surface area contributed by atoms with Crippen molar-refractivity contribution in [2.45, 2.75) is 9.79 Å². The largest absolute Gasteiger partial charge is 0.292 e. The van der Waals surface area contributed by atoms with Gasteiger partial charge in [0, 0.05) is 31.5 Å². The molecule has 0 bridgehead atoms. The van der Waals surface area contributed by atoms with Gasteiger partial charge < -0.3 is 0 Å². The first-order chi connectivity index (χ1) is 22.8. The molecule has 0 aliphatic carbocycles. The average Bonchev–Trinajstić information content (AvgIpc) is 3.47. The Morgan fingerprint density at radius 1 is 0.435 bits per heavy atom. The van der Waals surface area contributed by atoms with Gasteiger partial charge in [-0.05, 0) is 70.1 Å². The molecular weight excluding hydrogens is 579 g/mol. The Bertz CT molecular complexity index is 2660. The summed E-state index contributed by atoms with van der Waals surface area (Å²) in [5.41, 5.74) is 10.8. The monoisotopic (exact) mass is 603 g/mol. The molecule has 2 aromatic heterocycles. The zero-order valence-electron chi connectivity index (χ0n) is 24.7. The predicted molar refractivity (Wildman–Crippen MR) is 192 cm³/mol. The van der Waals surface area contributed by atoms with Crippen LogP contribution in [0.5, 0.6) is 0 Å². The molecule has 0 saturated heterocycles. The van der Waals surface area contributed by atoms with E-state index in [0.717, 1.165) is 44.7 Å². The summed E-state index contributed by atoms with van der Waals surface area (Å²) in [4.78, 5) is 13.3. The number of para-hydroxylation sites is 2. The van der Waals surface area contributed by atoms with Gasteiger partial charge in [-0.25, -0.2) is 9.97 Å². The third-order valence-corrected chi connectivity index (χ3v) is 10.3. The summed E-state index contributed by atoms with van der Waals surface area (Å²) in [5, 5.41) is 5.16. The van der Waals surface area contributed by atoms with Crippen molar-refractivity contribution < 1.29 is 0 Å². The van der Waals surface area contributed by atoms with E-state index in [1.54, 1.807) is 0 Å². The molecule has 214 valence electrons. The van der Waals surface area contributed by atoms with Gasteiger partial charge in [0.1, 0.15) is 5.69 Å². The molecule has 3 nitrogen and oxygen atoms in total. The third-order valence-electron chi connectivity index (χ3n) is 9.17. The van der Waals surface area contributed by atoms with Crippen LogP contribution in [-0.4, -0.2) is 14.5 Å². The molecular formula is C42H25N3S. The molecule has 3 heterocycles. The lowest BCUT2D eigenvalue weighted by molar-refractivity contribution is 1.08. The minimum absolute atomic E-state index is 0.841. The molecule has 1 aliphatic heterocycles. The zero-order chi connectivity index (χ0) is 30.2. The van der Waals surface area contributed by atoms with E-state index in [9.17, 15) is 0 Å². The van der Waals surface area contributed by atoms with Crippen molar-refractivity contribution in [2.24, 2.45) is 0 Å². The standard InChI is InChI=1S/C42H25N3S/c1-3-11-26(12-4-1)28-15-9-16-29(25-28)41-42(44-33-18-8-7-17-32(33)43-41)45-34-19-10-20-36-39(34)40-35(45)23-21-31-30(27-13-5-2-6-14-27)22-24-37(46-36)38(31)40/h1-25H. The van der Waals surface area contributed by atoms with Gasteiger partial charge in [0.05, 0.1) is 22.1 Å². The molecule has 7 aromatic carbocycles. The lowest BCUT2D eigenvalue weighted by atomic mass is 9.95. The van der Waals surface area contributed by atoms with E-state index < -0.39 is 0 Å². The van der Waals surface area contributed by atoms with Crippen molar-refractivity contribution >= 4 is 55.4 Å². The average molecular weight is 604 g/mol. The molecule has 9 aromatic rings. The fraction of sp³-hybridized carbons (Fsp3) is 0. The molecule has 0 amide bonds. The molecule has 0 radical (unpaired) electrons. The van der Waals surface area contributed by atoms with Crippen LogP contribution in [0.25, 0.3) is 82.9 Å². The molecule has 0 fully saturated rings. The summed E-state index contributed by atoms with van der Waals surface area (Å²) in [6, 6.07) is 53.9. The zero-order valence-corrected chi connectivity index (χ0v) is 25.5. The van der Waals surface area contributed by atoms with Gasteiger partial charge in [0.15, 0.2) is 5.82 Å². The van der Waals surface area contributed by atoms with Gasteiger partial charge >= 0.3 is 0 Å². The fourth-order valence-electron chi connectivity index (χ4n) is 7.13. The minimum Gasteiger partial charge on any atom is -0.292 e. The SMILES string of the molecule is c1ccc(-c2cccc(-c3nc4ccccc4nc3-n3c4cccc5c4c4c6c(ccc(-c7ccccc7)c6ccc43)S5)c2)cc1. The van der Waals surface area contributed by atoms with Crippen LogP contribution in [0, 0.1) is 0 Å². The van der Waals surface area contributed by atoms with Gasteiger partial charge in [-0.1, -0.05) is 121 Å². The second kappa shape index (κ2) is 9.90. The van der Waals surface area contributed by atoms with E-state index in [2.05, 4.69) is 144 Å². The highest BCUT2D eigenvalue weighted by molar-refractivity contribution is 8.00. The smallest absolute Gasteiger partial charge is 0.165 e. The van der Waals surface area contributed by atoms with Crippen LogP contribution >= 0.6 is 11.8 Å². The number of benzene rings is 7. The van der Waals surface area contributed by atoms with Crippen molar-refractivity contribution in [3.05, 3.63) is 152 Å². The van der Waals surface area contributed by atoms with Gasteiger partial charge in [0.2, 0.25) is 0 Å². The van der Waals surface area contributed by atoms with Crippen LogP contribution in [-0.2, 0) is 0 Å². The van der Waals surface area contributed by atoms with Crippen LogP contribution in [0.3, 0.4) is 0 Å². The topological polar surface area (TPSA) is 30.7 Å². The summed E-state index contributed by atoms with van der Waals surface area (Å²) in [6.07, 6.45) is 0. The van der Waals surface area contributed by atoms with E-state index in [1.807, 2.05) is 23.9 Å². The summed E-state index contributed by atoms with van der Waals surface area (Å²) < 4.78 is 2.35. The Morgan fingerprint density at radius 3 is 1.91 bits per heavy atom. The Labute approximate surface area is 269 Å². The third kappa shape index (κ3) is 3.74. The maximum atomic E-state index is 5.38. The number of fused-ring (bicyclic) bond motifs is 1. The lowest BCUT2D eigenvalue weighted by Crippen LogP contribution is -2.03. The van der Waals surface area contributed by atoms with Crippen LogP contribution in [0.4, 0.5) is 0 Å². The van der Waals surface area contributed by atoms with E-state index in [0.29, 0.717) is 0 Å². The normalized spacial score (nSPS) is 12.3. The molecule has 0 spiro atoms. The van der Waals surface area contributed by atoms with E-state index in [1.165, 1.54) is 48.0 Å². The van der Waals surface area contributed by atoms with Gasteiger partial charge in [-0.3, -0.25) is 4.57 Å². The van der Waals surface area contributed by atoms with E-state index >= 15 is 0 Å². The predicted octanol–water partition coefficient (Wildman–Crippen LogP) is 11.3. The number of aromatic nitrogens is 3. The quantitative estimate of drug-likeness (QED) is 0.200. The molecule has 0 atom stereocenters. The van der Waals surface area contributed by atoms with Crippen LogP contribution in [0.15, 0.2) is 161 Å². The van der Waals surface area contributed by atoms with Gasteiger partial charge in [-0.2, -0.15) is 0 Å². The fourth-order valence-corrected chi connectivity index (χ4v) is 8.28. The summed E-state index contributed by atoms with van der Waals surface area (Å²) >= 11 is 1.86. The van der Waals surface area contributed by atoms with E-state index in [-0.39, 0.29) is 0 Å². The molecule has 0 N–H and O–H groups in total. The Kier molecular flexibility index (Phi) is 5.51. The van der Waals surface area contributed by atoms with Crippen LogP contribution in [0.1, 0.15) is 0 Å². The first kappa shape index (κ1) is 25.6. The minimum atomic E-state index is 0.841. The van der Waals surface area contributed by atoms with Crippen molar-refractivity contribution in [1.29, 1.82) is 0 Å². The van der Waals surface area contributed by atoms with Gasteiger partial charge in [-0.15, -0.1) is 0 Å². The second-order valence-electron chi connectivity index (χ2n) is 11.8. The summed E-state index contributed by atoms with van der Waals surface area (Å²) in [7, 11) is 0. The summed E-state index contributed by atoms with van der Waals surface area (Å²) in [5.74, 6) is 0.841. The van der Waals surface area contributed by atoms with Crippen LogP contribution in [0.2, 0.25) is 0 Å². The maximum Gasteiger partial charge on any atom is 0.165 e. The maximum absolute atomic E-state index is 5.38. The molecule has 10 rings (SSSR count). The molecule has 0 saturated carbocycles. The first-order valence-electron chi connectivity index (χ1n) is 15.5. The molecule has 0 unspecified atom stereocenters. The van der Waals surface area contributed by atoms with E-state index in [4.69, 9.17) is 9.97 Å². The van der Waals surface area contributed by atoms with Crippen molar-refractivity contribution in [3.63, 3.8) is 0 Å². The van der Waals surface area contributed by atoms with Crippen molar-refractivity contribution in [2.75, 3.05) is 0 Å². The highest BCUT2D eigenvalue weighted by Crippen LogP contribution is 2.51. The Morgan fingerprint density at radius 2 is 1.09 bits per heavy atom. The Balaban J connectivity index is 1.31. The van der Waals surface area contributed by atoms with Gasteiger partial charge in [0.25, 0.3) is 0 Å². The highest BCUT2D eigenvalue weighted by atomic mass is 32.2. The Hall–Kier alpha value is -5.71. The number of hydrogen-bond acceptors (Lipinski definition) is 3. The van der Waals surface area contributed by atoms with Crippen molar-refractivity contribution in [3.8, 4) is 39.3 Å².